The van der Waals surface area contributed by atoms with Crippen molar-refractivity contribution < 1.29 is 14.3 Å². The topological polar surface area (TPSA) is 59.6 Å². The summed E-state index contributed by atoms with van der Waals surface area (Å²) in [6.45, 7) is 6.66. The third-order valence-electron chi connectivity index (χ3n) is 3.70. The molecule has 0 saturated carbocycles. The highest BCUT2D eigenvalue weighted by atomic mass is 35.5. The van der Waals surface area contributed by atoms with Crippen LogP contribution in [0.1, 0.15) is 16.7 Å². The number of amides is 2. The van der Waals surface area contributed by atoms with Crippen LogP contribution in [0, 0.1) is 20.8 Å². The molecule has 5 nitrogen and oxygen atoms in total. The molecular formula is C19H23ClN2O3. The number of aryl methyl sites for hydroxylation is 3. The molecule has 0 atom stereocenters. The third-order valence-corrected chi connectivity index (χ3v) is 4.11. The molecule has 2 amide bonds. The smallest absolute Gasteiger partial charge is 0.319 e. The molecule has 2 rings (SSSR count). The van der Waals surface area contributed by atoms with Crippen molar-refractivity contribution in [3.63, 3.8) is 0 Å². The second-order valence-electron chi connectivity index (χ2n) is 5.80. The molecule has 0 aliphatic carbocycles. The minimum Gasteiger partial charge on any atom is -0.495 e. The van der Waals surface area contributed by atoms with Crippen molar-refractivity contribution in [1.29, 1.82) is 0 Å². The van der Waals surface area contributed by atoms with Gasteiger partial charge in [0.25, 0.3) is 0 Å². The van der Waals surface area contributed by atoms with E-state index >= 15 is 0 Å². The molecule has 134 valence electrons. The Morgan fingerprint density at radius 2 is 1.84 bits per heavy atom. The van der Waals surface area contributed by atoms with Crippen LogP contribution in [-0.4, -0.2) is 26.3 Å². The van der Waals surface area contributed by atoms with Gasteiger partial charge in [-0.25, -0.2) is 4.79 Å². The molecule has 2 N–H and O–H groups in total. The molecule has 0 heterocycles. The molecular weight excluding hydrogens is 340 g/mol. The van der Waals surface area contributed by atoms with Crippen LogP contribution in [0.2, 0.25) is 5.02 Å². The van der Waals surface area contributed by atoms with Crippen molar-refractivity contribution in [2.75, 3.05) is 25.6 Å². The molecule has 0 unspecified atom stereocenters. The van der Waals surface area contributed by atoms with E-state index in [-0.39, 0.29) is 6.03 Å². The monoisotopic (exact) mass is 362 g/mol. The highest BCUT2D eigenvalue weighted by molar-refractivity contribution is 6.31. The number of halogens is 1. The molecule has 0 bridgehead atoms. The molecule has 0 fully saturated rings. The van der Waals surface area contributed by atoms with Gasteiger partial charge < -0.3 is 20.1 Å². The van der Waals surface area contributed by atoms with Crippen LogP contribution in [0.15, 0.2) is 30.3 Å². The van der Waals surface area contributed by atoms with Crippen molar-refractivity contribution in [1.82, 2.24) is 5.32 Å². The maximum Gasteiger partial charge on any atom is 0.319 e. The number of ether oxygens (including phenoxy) is 2. The Morgan fingerprint density at radius 1 is 1.08 bits per heavy atom. The summed E-state index contributed by atoms with van der Waals surface area (Å²) in [6, 6.07) is 9.11. The van der Waals surface area contributed by atoms with Gasteiger partial charge in [-0.1, -0.05) is 29.3 Å². The Balaban J connectivity index is 1.84. The Kier molecular flexibility index (Phi) is 6.53. The van der Waals surface area contributed by atoms with Gasteiger partial charge in [0.2, 0.25) is 0 Å². The van der Waals surface area contributed by atoms with Gasteiger partial charge in [-0.05, 0) is 44.0 Å². The fourth-order valence-electron chi connectivity index (χ4n) is 2.38. The van der Waals surface area contributed by atoms with Gasteiger partial charge in [0, 0.05) is 11.1 Å². The average Bonchev–Trinajstić information content (AvgIpc) is 2.56. The molecule has 25 heavy (non-hydrogen) atoms. The van der Waals surface area contributed by atoms with Crippen LogP contribution in [0.3, 0.4) is 0 Å². The average molecular weight is 363 g/mol. The van der Waals surface area contributed by atoms with Gasteiger partial charge in [0.15, 0.2) is 0 Å². The summed E-state index contributed by atoms with van der Waals surface area (Å²) in [4.78, 5) is 12.0. The van der Waals surface area contributed by atoms with E-state index in [9.17, 15) is 4.79 Å². The number of carbonyl (C=O) groups excluding carboxylic acids is 1. The fraction of sp³-hybridized carbons (Fsp3) is 0.316. The second-order valence-corrected chi connectivity index (χ2v) is 6.21. The van der Waals surface area contributed by atoms with Gasteiger partial charge in [0.1, 0.15) is 18.1 Å². The van der Waals surface area contributed by atoms with Crippen LogP contribution in [0.25, 0.3) is 0 Å². The lowest BCUT2D eigenvalue weighted by Crippen LogP contribution is -2.32. The Morgan fingerprint density at radius 3 is 2.52 bits per heavy atom. The van der Waals surface area contributed by atoms with Crippen molar-refractivity contribution in [2.45, 2.75) is 20.8 Å². The van der Waals surface area contributed by atoms with E-state index in [4.69, 9.17) is 21.1 Å². The second kappa shape index (κ2) is 8.62. The number of benzene rings is 2. The van der Waals surface area contributed by atoms with Gasteiger partial charge in [-0.3, -0.25) is 0 Å². The van der Waals surface area contributed by atoms with E-state index in [1.807, 2.05) is 32.9 Å². The van der Waals surface area contributed by atoms with E-state index in [1.54, 1.807) is 12.1 Å². The SMILES string of the molecule is COc1cc(Cl)c(C)cc1NC(=O)NCCOc1ccc(C)cc1C. The molecule has 0 aliphatic heterocycles. The zero-order valence-electron chi connectivity index (χ0n) is 14.9. The zero-order chi connectivity index (χ0) is 18.4. The fourth-order valence-corrected chi connectivity index (χ4v) is 2.54. The summed E-state index contributed by atoms with van der Waals surface area (Å²) >= 11 is 6.06. The molecule has 6 heteroatoms. The van der Waals surface area contributed by atoms with Crippen LogP contribution in [0.5, 0.6) is 11.5 Å². The van der Waals surface area contributed by atoms with Crippen LogP contribution >= 0.6 is 11.6 Å². The lowest BCUT2D eigenvalue weighted by Gasteiger charge is -2.14. The third kappa shape index (κ3) is 5.29. The van der Waals surface area contributed by atoms with Crippen molar-refractivity contribution >= 4 is 23.3 Å². The molecule has 0 aliphatic rings. The van der Waals surface area contributed by atoms with E-state index in [2.05, 4.69) is 16.7 Å². The summed E-state index contributed by atoms with van der Waals surface area (Å²) in [7, 11) is 1.53. The van der Waals surface area contributed by atoms with Crippen molar-refractivity contribution in [2.24, 2.45) is 0 Å². The summed E-state index contributed by atoms with van der Waals surface area (Å²) in [6.07, 6.45) is 0. The molecule has 0 radical (unpaired) electrons. The summed E-state index contributed by atoms with van der Waals surface area (Å²) in [5.41, 5.74) is 3.69. The maximum atomic E-state index is 12.0. The lowest BCUT2D eigenvalue weighted by atomic mass is 10.1. The molecule has 2 aromatic carbocycles. The lowest BCUT2D eigenvalue weighted by molar-refractivity contribution is 0.247. The maximum absolute atomic E-state index is 12.0. The van der Waals surface area contributed by atoms with Crippen LogP contribution in [0.4, 0.5) is 10.5 Å². The predicted molar refractivity (Wildman–Crippen MR) is 101 cm³/mol. The number of methoxy groups -OCH3 is 1. The first-order valence-corrected chi connectivity index (χ1v) is 8.37. The number of carbonyl (C=O) groups is 1. The van der Waals surface area contributed by atoms with Gasteiger partial charge in [-0.15, -0.1) is 0 Å². The minimum absolute atomic E-state index is 0.329. The quantitative estimate of drug-likeness (QED) is 0.745. The Hall–Kier alpha value is -2.40. The molecule has 0 spiro atoms. The first-order chi connectivity index (χ1) is 11.9. The number of urea groups is 1. The normalized spacial score (nSPS) is 10.3. The van der Waals surface area contributed by atoms with E-state index < -0.39 is 0 Å². The van der Waals surface area contributed by atoms with Crippen molar-refractivity contribution in [3.05, 3.63) is 52.0 Å². The number of rotatable bonds is 6. The summed E-state index contributed by atoms with van der Waals surface area (Å²) in [5, 5.41) is 6.10. The highest BCUT2D eigenvalue weighted by Crippen LogP contribution is 2.30. The molecule has 0 aromatic heterocycles. The first kappa shape index (κ1) is 18.9. The number of hydrogen-bond acceptors (Lipinski definition) is 3. The summed E-state index contributed by atoms with van der Waals surface area (Å²) in [5.74, 6) is 1.33. The van der Waals surface area contributed by atoms with Gasteiger partial charge >= 0.3 is 6.03 Å². The van der Waals surface area contributed by atoms with E-state index in [0.717, 1.165) is 16.9 Å². The minimum atomic E-state index is -0.329. The summed E-state index contributed by atoms with van der Waals surface area (Å²) < 4.78 is 10.9. The largest absolute Gasteiger partial charge is 0.495 e. The standard InChI is InChI=1S/C19H23ClN2O3/c1-12-5-6-17(14(3)9-12)25-8-7-21-19(23)22-16-10-13(2)15(20)11-18(16)24-4/h5-6,9-11H,7-8H2,1-4H3,(H2,21,22,23). The van der Waals surface area contributed by atoms with E-state index in [0.29, 0.717) is 29.6 Å². The van der Waals surface area contributed by atoms with Gasteiger partial charge in [-0.2, -0.15) is 0 Å². The molecule has 0 saturated heterocycles. The first-order valence-electron chi connectivity index (χ1n) is 7.99. The zero-order valence-corrected chi connectivity index (χ0v) is 15.7. The van der Waals surface area contributed by atoms with Crippen molar-refractivity contribution in [3.8, 4) is 11.5 Å². The van der Waals surface area contributed by atoms with Crippen LogP contribution < -0.4 is 20.1 Å². The van der Waals surface area contributed by atoms with Gasteiger partial charge in [0.05, 0.1) is 19.3 Å². The Bertz CT molecular complexity index is 763. The number of hydrogen-bond donors (Lipinski definition) is 2. The Labute approximate surface area is 153 Å². The number of nitrogens with one attached hydrogen (secondary N) is 2. The van der Waals surface area contributed by atoms with Crippen LogP contribution in [-0.2, 0) is 0 Å². The number of anilines is 1. The highest BCUT2D eigenvalue weighted by Gasteiger charge is 2.10. The molecule has 2 aromatic rings. The van der Waals surface area contributed by atoms with E-state index in [1.165, 1.54) is 12.7 Å². The predicted octanol–water partition coefficient (Wildman–Crippen LogP) is 4.47.